The van der Waals surface area contributed by atoms with Gasteiger partial charge in [-0.15, -0.1) is 0 Å². The highest BCUT2D eigenvalue weighted by molar-refractivity contribution is 7.87. The van der Waals surface area contributed by atoms with Gasteiger partial charge < -0.3 is 14.2 Å². The minimum atomic E-state index is -1.31. The molecule has 29 heavy (non-hydrogen) atoms. The van der Waals surface area contributed by atoms with Crippen LogP contribution in [-0.4, -0.2) is 47.2 Å². The number of cyclic esters (lactones) is 1. The summed E-state index contributed by atoms with van der Waals surface area (Å²) in [5.74, 6) is -1.71. The van der Waals surface area contributed by atoms with Crippen LogP contribution >= 0.6 is 0 Å². The van der Waals surface area contributed by atoms with Crippen molar-refractivity contribution in [3.05, 3.63) is 23.6 Å². The Morgan fingerprint density at radius 2 is 2.00 bits per heavy atom. The molecule has 0 bridgehead atoms. The first-order valence-electron chi connectivity index (χ1n) is 9.76. The van der Waals surface area contributed by atoms with E-state index in [0.29, 0.717) is 18.4 Å². The molecule has 160 valence electrons. The SMILES string of the molecule is C=C1COC(=O)[C@]12C[C@@]1(C)[C@H]([C@@H](OC(C)=O)CC[C@@H]1C)[C@H]2OC(=O)/C=C/[S@](C)=O. The Balaban J connectivity index is 2.07. The summed E-state index contributed by atoms with van der Waals surface area (Å²) in [4.78, 5) is 37.2. The molecule has 8 heteroatoms. The molecular weight excluding hydrogens is 396 g/mol. The second-order valence-corrected chi connectivity index (χ2v) is 9.91. The van der Waals surface area contributed by atoms with Crippen LogP contribution in [0.25, 0.3) is 0 Å². The number of hydrogen-bond donors (Lipinski definition) is 0. The third-order valence-electron chi connectivity index (χ3n) is 6.97. The highest BCUT2D eigenvalue weighted by Gasteiger charge is 2.71. The lowest BCUT2D eigenvalue weighted by molar-refractivity contribution is -0.172. The van der Waals surface area contributed by atoms with Crippen LogP contribution in [0.3, 0.4) is 0 Å². The van der Waals surface area contributed by atoms with Gasteiger partial charge in [-0.2, -0.15) is 0 Å². The van der Waals surface area contributed by atoms with Crippen molar-refractivity contribution < 1.29 is 32.8 Å². The van der Waals surface area contributed by atoms with Gasteiger partial charge in [-0.05, 0) is 36.2 Å². The molecule has 1 aliphatic heterocycles. The molecule has 0 aromatic carbocycles. The van der Waals surface area contributed by atoms with E-state index < -0.39 is 51.7 Å². The second kappa shape index (κ2) is 7.70. The molecule has 1 heterocycles. The third-order valence-corrected chi connectivity index (χ3v) is 7.49. The van der Waals surface area contributed by atoms with Crippen LogP contribution in [0.2, 0.25) is 0 Å². The summed E-state index contributed by atoms with van der Waals surface area (Å²) in [5, 5.41) is 1.23. The first kappa shape index (κ1) is 21.7. The van der Waals surface area contributed by atoms with Crippen molar-refractivity contribution in [2.45, 2.75) is 52.2 Å². The van der Waals surface area contributed by atoms with Crippen LogP contribution in [0.15, 0.2) is 23.6 Å². The Morgan fingerprint density at radius 1 is 1.31 bits per heavy atom. The molecule has 0 radical (unpaired) electrons. The van der Waals surface area contributed by atoms with Crippen molar-refractivity contribution >= 4 is 28.7 Å². The standard InChI is InChI=1S/C21H28O7S/c1-12-6-7-15(27-14(3)22)17-18(28-16(23)8-9-29(5)25)21(11-20(12,17)4)13(2)10-26-19(21)24/h8-9,12,15,17-18H,2,6-7,10-11H2,1,3-5H3/b9-8+/t12-,15-,17+,18+,20+,21+,29-/m0/s1. The van der Waals surface area contributed by atoms with E-state index in [2.05, 4.69) is 20.4 Å². The lowest BCUT2D eigenvalue weighted by atomic mass is 9.61. The number of carbonyl (C=O) groups excluding carboxylic acids is 3. The molecule has 1 saturated heterocycles. The normalized spacial score (nSPS) is 40.0. The number of hydrogen-bond acceptors (Lipinski definition) is 7. The van der Waals surface area contributed by atoms with E-state index >= 15 is 0 Å². The largest absolute Gasteiger partial charge is 0.462 e. The van der Waals surface area contributed by atoms with Crippen molar-refractivity contribution in [3.63, 3.8) is 0 Å². The Morgan fingerprint density at radius 3 is 2.55 bits per heavy atom. The fourth-order valence-electron chi connectivity index (χ4n) is 5.42. The van der Waals surface area contributed by atoms with E-state index in [1.165, 1.54) is 18.6 Å². The zero-order valence-corrected chi connectivity index (χ0v) is 18.1. The minimum absolute atomic E-state index is 0.0805. The summed E-state index contributed by atoms with van der Waals surface area (Å²) >= 11 is 0. The Hall–Kier alpha value is -1.96. The van der Waals surface area contributed by atoms with Gasteiger partial charge in [-0.3, -0.25) is 13.8 Å². The highest BCUT2D eigenvalue weighted by Crippen LogP contribution is 2.66. The van der Waals surface area contributed by atoms with E-state index in [4.69, 9.17) is 14.2 Å². The van der Waals surface area contributed by atoms with Crippen LogP contribution < -0.4 is 0 Å². The maximum atomic E-state index is 12.9. The summed E-state index contributed by atoms with van der Waals surface area (Å²) in [6.07, 6.45) is 3.08. The predicted molar refractivity (Wildman–Crippen MR) is 106 cm³/mol. The van der Waals surface area contributed by atoms with Crippen molar-refractivity contribution in [1.29, 1.82) is 0 Å². The van der Waals surface area contributed by atoms with E-state index in [1.54, 1.807) is 0 Å². The fraction of sp³-hybridized carbons (Fsp3) is 0.667. The number of rotatable bonds is 4. The molecule has 7 nitrogen and oxygen atoms in total. The van der Waals surface area contributed by atoms with E-state index in [9.17, 15) is 18.6 Å². The number of fused-ring (bicyclic) bond motifs is 1. The number of ether oxygens (including phenoxy) is 3. The summed E-state index contributed by atoms with van der Waals surface area (Å²) in [6.45, 7) is 9.66. The summed E-state index contributed by atoms with van der Waals surface area (Å²) in [5.41, 5.74) is -0.995. The van der Waals surface area contributed by atoms with Crippen LogP contribution in [0, 0.1) is 22.7 Å². The maximum Gasteiger partial charge on any atom is 0.331 e. The quantitative estimate of drug-likeness (QED) is 0.296. The second-order valence-electron chi connectivity index (χ2n) is 8.64. The highest BCUT2D eigenvalue weighted by atomic mass is 32.2. The Labute approximate surface area is 173 Å². The van der Waals surface area contributed by atoms with Crippen LogP contribution in [-0.2, 0) is 39.4 Å². The van der Waals surface area contributed by atoms with Gasteiger partial charge in [0.05, 0.1) is 0 Å². The molecule has 0 N–H and O–H groups in total. The van der Waals surface area contributed by atoms with Gasteiger partial charge in [0.25, 0.3) is 0 Å². The maximum absolute atomic E-state index is 12.9. The molecular formula is C21H28O7S. The minimum Gasteiger partial charge on any atom is -0.462 e. The Bertz CT molecular complexity index is 785. The predicted octanol–water partition coefficient (Wildman–Crippen LogP) is 2.28. The van der Waals surface area contributed by atoms with E-state index in [1.807, 2.05) is 0 Å². The molecule has 2 saturated carbocycles. The fourth-order valence-corrected chi connectivity index (χ4v) is 5.72. The smallest absolute Gasteiger partial charge is 0.331 e. The van der Waals surface area contributed by atoms with Crippen molar-refractivity contribution in [2.24, 2.45) is 22.7 Å². The summed E-state index contributed by atoms with van der Waals surface area (Å²) in [7, 11) is -1.31. The number of esters is 3. The van der Waals surface area contributed by atoms with Crippen molar-refractivity contribution in [3.8, 4) is 0 Å². The van der Waals surface area contributed by atoms with Crippen LogP contribution in [0.4, 0.5) is 0 Å². The first-order chi connectivity index (χ1) is 13.5. The molecule has 0 aromatic rings. The van der Waals surface area contributed by atoms with Gasteiger partial charge in [0, 0.05) is 41.4 Å². The third kappa shape index (κ3) is 3.56. The molecule has 0 amide bonds. The van der Waals surface area contributed by atoms with Gasteiger partial charge in [-0.25, -0.2) is 4.79 Å². The van der Waals surface area contributed by atoms with Gasteiger partial charge >= 0.3 is 17.9 Å². The number of carbonyl (C=O) groups is 3. The monoisotopic (exact) mass is 424 g/mol. The van der Waals surface area contributed by atoms with Crippen molar-refractivity contribution in [2.75, 3.05) is 12.9 Å². The molecule has 3 aliphatic rings. The van der Waals surface area contributed by atoms with Crippen LogP contribution in [0.5, 0.6) is 0 Å². The zero-order chi connectivity index (χ0) is 21.6. The average Bonchev–Trinajstić information content (AvgIpc) is 3.06. The summed E-state index contributed by atoms with van der Waals surface area (Å²) in [6, 6.07) is 0. The molecule has 0 aromatic heterocycles. The van der Waals surface area contributed by atoms with Crippen molar-refractivity contribution in [1.82, 2.24) is 0 Å². The van der Waals surface area contributed by atoms with E-state index in [-0.39, 0.29) is 18.4 Å². The lowest BCUT2D eigenvalue weighted by Gasteiger charge is -2.46. The molecule has 1 spiro atoms. The average molecular weight is 425 g/mol. The molecule has 7 atom stereocenters. The summed E-state index contributed by atoms with van der Waals surface area (Å²) < 4.78 is 28.1. The van der Waals surface area contributed by atoms with Gasteiger partial charge in [0.1, 0.15) is 24.2 Å². The molecule has 2 aliphatic carbocycles. The molecule has 3 fully saturated rings. The van der Waals surface area contributed by atoms with E-state index in [0.717, 1.165) is 12.5 Å². The lowest BCUT2D eigenvalue weighted by Crippen LogP contribution is -2.50. The topological polar surface area (TPSA) is 96.0 Å². The van der Waals surface area contributed by atoms with Gasteiger partial charge in [0.2, 0.25) is 0 Å². The van der Waals surface area contributed by atoms with Crippen LogP contribution in [0.1, 0.15) is 40.0 Å². The zero-order valence-electron chi connectivity index (χ0n) is 17.3. The van der Waals surface area contributed by atoms with Gasteiger partial charge in [-0.1, -0.05) is 20.4 Å². The van der Waals surface area contributed by atoms with Gasteiger partial charge in [0.15, 0.2) is 0 Å². The molecule has 0 unspecified atom stereocenters. The Kier molecular flexibility index (Phi) is 5.77. The molecule has 3 rings (SSSR count). The first-order valence-corrected chi connectivity index (χ1v) is 11.4.